The van der Waals surface area contributed by atoms with Crippen LogP contribution in [-0.4, -0.2) is 30.4 Å². The number of aliphatic hydroxyl groups is 2. The molecule has 102 valence electrons. The number of anilines is 1. The minimum absolute atomic E-state index is 0.209. The number of nitrogens with zero attached hydrogens (tertiary/aromatic N) is 1. The Morgan fingerprint density at radius 1 is 1.28 bits per heavy atom. The molecule has 0 aliphatic carbocycles. The smallest absolute Gasteiger partial charge is 0.146 e. The quantitative estimate of drug-likeness (QED) is 0.736. The Labute approximate surface area is 108 Å². The standard InChI is InChI=1S/C14H22FNO2/c1-11(18)12-6-7-14(13(15)10-12)16(2)8-4-3-5-9-17/h6-7,10-11,17-18H,3-5,8-9H2,1-2H3/t11-/m1/s1. The van der Waals surface area contributed by atoms with Gasteiger partial charge in [-0.2, -0.15) is 0 Å². The first-order valence-electron chi connectivity index (χ1n) is 6.35. The second-order valence-electron chi connectivity index (χ2n) is 4.59. The molecule has 1 atom stereocenters. The SMILES string of the molecule is C[C@@H](O)c1ccc(N(C)CCCCCO)c(F)c1. The second-order valence-corrected chi connectivity index (χ2v) is 4.59. The van der Waals surface area contributed by atoms with Crippen LogP contribution in [-0.2, 0) is 0 Å². The lowest BCUT2D eigenvalue weighted by atomic mass is 10.1. The third-order valence-corrected chi connectivity index (χ3v) is 3.02. The van der Waals surface area contributed by atoms with Crippen molar-refractivity contribution in [3.63, 3.8) is 0 Å². The summed E-state index contributed by atoms with van der Waals surface area (Å²) in [4.78, 5) is 1.86. The van der Waals surface area contributed by atoms with Gasteiger partial charge >= 0.3 is 0 Å². The van der Waals surface area contributed by atoms with E-state index in [-0.39, 0.29) is 12.4 Å². The van der Waals surface area contributed by atoms with Crippen molar-refractivity contribution < 1.29 is 14.6 Å². The van der Waals surface area contributed by atoms with Crippen LogP contribution in [0, 0.1) is 5.82 Å². The highest BCUT2D eigenvalue weighted by Gasteiger charge is 2.10. The summed E-state index contributed by atoms with van der Waals surface area (Å²) < 4.78 is 13.8. The highest BCUT2D eigenvalue weighted by atomic mass is 19.1. The number of hydrogen-bond donors (Lipinski definition) is 2. The maximum Gasteiger partial charge on any atom is 0.146 e. The summed E-state index contributed by atoms with van der Waals surface area (Å²) in [7, 11) is 1.85. The monoisotopic (exact) mass is 255 g/mol. The van der Waals surface area contributed by atoms with Gasteiger partial charge in [0.05, 0.1) is 11.8 Å². The van der Waals surface area contributed by atoms with Gasteiger partial charge in [0.1, 0.15) is 5.82 Å². The predicted molar refractivity (Wildman–Crippen MR) is 71.2 cm³/mol. The van der Waals surface area contributed by atoms with Gasteiger partial charge in [0.25, 0.3) is 0 Å². The molecule has 0 saturated carbocycles. The molecule has 0 aliphatic rings. The molecule has 18 heavy (non-hydrogen) atoms. The highest BCUT2D eigenvalue weighted by Crippen LogP contribution is 2.22. The summed E-state index contributed by atoms with van der Waals surface area (Å²) in [5.41, 5.74) is 1.13. The number of hydrogen-bond acceptors (Lipinski definition) is 3. The Hall–Kier alpha value is -1.13. The molecule has 0 bridgehead atoms. The number of benzene rings is 1. The van der Waals surface area contributed by atoms with Crippen molar-refractivity contribution in [1.82, 2.24) is 0 Å². The third-order valence-electron chi connectivity index (χ3n) is 3.02. The van der Waals surface area contributed by atoms with Crippen molar-refractivity contribution in [1.29, 1.82) is 0 Å². The molecule has 1 aromatic carbocycles. The van der Waals surface area contributed by atoms with E-state index in [1.807, 2.05) is 11.9 Å². The van der Waals surface area contributed by atoms with Gasteiger partial charge in [0, 0.05) is 20.2 Å². The Morgan fingerprint density at radius 3 is 2.56 bits per heavy atom. The normalized spacial score (nSPS) is 12.5. The van der Waals surface area contributed by atoms with Gasteiger partial charge < -0.3 is 15.1 Å². The van der Waals surface area contributed by atoms with Crippen LogP contribution in [0.15, 0.2) is 18.2 Å². The first kappa shape index (κ1) is 14.9. The van der Waals surface area contributed by atoms with E-state index < -0.39 is 6.10 Å². The fourth-order valence-corrected chi connectivity index (χ4v) is 1.85. The second kappa shape index (κ2) is 7.34. The average molecular weight is 255 g/mol. The number of unbranched alkanes of at least 4 members (excludes halogenated alkanes) is 2. The molecule has 0 amide bonds. The summed E-state index contributed by atoms with van der Waals surface area (Å²) in [6.45, 7) is 2.58. The average Bonchev–Trinajstić information content (AvgIpc) is 2.34. The molecule has 4 heteroatoms. The van der Waals surface area contributed by atoms with E-state index in [2.05, 4.69) is 0 Å². The van der Waals surface area contributed by atoms with Crippen molar-refractivity contribution in [2.45, 2.75) is 32.3 Å². The van der Waals surface area contributed by atoms with E-state index in [1.54, 1.807) is 19.1 Å². The minimum atomic E-state index is -0.650. The summed E-state index contributed by atoms with van der Waals surface area (Å²) in [6, 6.07) is 4.82. The van der Waals surface area contributed by atoms with Crippen LogP contribution in [0.25, 0.3) is 0 Å². The summed E-state index contributed by atoms with van der Waals surface area (Å²) in [6.07, 6.45) is 2.00. The van der Waals surface area contributed by atoms with E-state index in [9.17, 15) is 9.50 Å². The van der Waals surface area contributed by atoms with E-state index >= 15 is 0 Å². The molecule has 0 aliphatic heterocycles. The van der Waals surface area contributed by atoms with Crippen LogP contribution in [0.3, 0.4) is 0 Å². The first-order valence-corrected chi connectivity index (χ1v) is 6.35. The molecule has 2 N–H and O–H groups in total. The lowest BCUT2D eigenvalue weighted by molar-refractivity contribution is 0.199. The molecule has 0 unspecified atom stereocenters. The molecule has 0 saturated heterocycles. The zero-order chi connectivity index (χ0) is 13.5. The van der Waals surface area contributed by atoms with Crippen LogP contribution < -0.4 is 4.90 Å². The molecule has 0 heterocycles. The van der Waals surface area contributed by atoms with Crippen LogP contribution in [0.1, 0.15) is 37.9 Å². The predicted octanol–water partition coefficient (Wildman–Crippen LogP) is 2.48. The van der Waals surface area contributed by atoms with Gasteiger partial charge in [-0.1, -0.05) is 6.07 Å². The van der Waals surface area contributed by atoms with E-state index in [0.717, 1.165) is 25.8 Å². The van der Waals surface area contributed by atoms with Gasteiger partial charge in [-0.25, -0.2) is 4.39 Å². The molecule has 0 spiro atoms. The first-order chi connectivity index (χ1) is 8.56. The minimum Gasteiger partial charge on any atom is -0.396 e. The van der Waals surface area contributed by atoms with Crippen molar-refractivity contribution in [3.05, 3.63) is 29.6 Å². The summed E-state index contributed by atoms with van der Waals surface area (Å²) in [5, 5.41) is 18.1. The Bertz CT molecular complexity index is 369. The van der Waals surface area contributed by atoms with E-state index in [4.69, 9.17) is 5.11 Å². The topological polar surface area (TPSA) is 43.7 Å². The maximum absolute atomic E-state index is 13.8. The van der Waals surface area contributed by atoms with Crippen molar-refractivity contribution in [2.24, 2.45) is 0 Å². The van der Waals surface area contributed by atoms with Crippen LogP contribution in [0.2, 0.25) is 0 Å². The van der Waals surface area contributed by atoms with Gasteiger partial charge in [0.15, 0.2) is 0 Å². The molecule has 0 radical (unpaired) electrons. The molecule has 1 aromatic rings. The maximum atomic E-state index is 13.8. The van der Waals surface area contributed by atoms with Gasteiger partial charge in [0.2, 0.25) is 0 Å². The Morgan fingerprint density at radius 2 is 2.00 bits per heavy atom. The van der Waals surface area contributed by atoms with Crippen molar-refractivity contribution in [3.8, 4) is 0 Å². The zero-order valence-corrected chi connectivity index (χ0v) is 11.1. The van der Waals surface area contributed by atoms with Crippen LogP contribution >= 0.6 is 0 Å². The Kier molecular flexibility index (Phi) is 6.09. The fourth-order valence-electron chi connectivity index (χ4n) is 1.85. The van der Waals surface area contributed by atoms with Crippen LogP contribution in [0.4, 0.5) is 10.1 Å². The van der Waals surface area contributed by atoms with E-state index in [1.165, 1.54) is 6.07 Å². The number of aliphatic hydroxyl groups excluding tert-OH is 2. The van der Waals surface area contributed by atoms with Crippen molar-refractivity contribution >= 4 is 5.69 Å². The van der Waals surface area contributed by atoms with E-state index in [0.29, 0.717) is 11.3 Å². The molecule has 3 nitrogen and oxygen atoms in total. The largest absolute Gasteiger partial charge is 0.396 e. The molecule has 0 fully saturated rings. The zero-order valence-electron chi connectivity index (χ0n) is 11.1. The summed E-state index contributed by atoms with van der Waals surface area (Å²) in [5.74, 6) is -0.307. The highest BCUT2D eigenvalue weighted by molar-refractivity contribution is 5.48. The molecular formula is C14H22FNO2. The van der Waals surface area contributed by atoms with Crippen molar-refractivity contribution in [2.75, 3.05) is 25.1 Å². The molecule has 0 aromatic heterocycles. The van der Waals surface area contributed by atoms with Gasteiger partial charge in [-0.15, -0.1) is 0 Å². The number of rotatable bonds is 7. The number of halogens is 1. The molecule has 1 rings (SSSR count). The lowest BCUT2D eigenvalue weighted by Crippen LogP contribution is -2.20. The third kappa shape index (κ3) is 4.27. The lowest BCUT2D eigenvalue weighted by Gasteiger charge is -2.20. The van der Waals surface area contributed by atoms with Gasteiger partial charge in [-0.05, 0) is 43.9 Å². The molecular weight excluding hydrogens is 233 g/mol. The summed E-state index contributed by atoms with van der Waals surface area (Å²) >= 11 is 0. The van der Waals surface area contributed by atoms with Crippen LogP contribution in [0.5, 0.6) is 0 Å². The van der Waals surface area contributed by atoms with Gasteiger partial charge in [-0.3, -0.25) is 0 Å². The fraction of sp³-hybridized carbons (Fsp3) is 0.571. The Balaban J connectivity index is 2.60.